The van der Waals surface area contributed by atoms with Crippen LogP contribution in [0.2, 0.25) is 0 Å². The van der Waals surface area contributed by atoms with Crippen LogP contribution in [0.4, 0.5) is 5.82 Å². The highest BCUT2D eigenvalue weighted by Crippen LogP contribution is 2.25. The molecule has 0 spiro atoms. The van der Waals surface area contributed by atoms with Crippen molar-refractivity contribution in [3.63, 3.8) is 0 Å². The van der Waals surface area contributed by atoms with E-state index in [1.807, 2.05) is 19.2 Å². The van der Waals surface area contributed by atoms with Crippen LogP contribution in [-0.2, 0) is 4.74 Å². The van der Waals surface area contributed by atoms with Crippen LogP contribution < -0.4 is 10.6 Å². The van der Waals surface area contributed by atoms with Crippen LogP contribution in [0.15, 0.2) is 18.3 Å². The van der Waals surface area contributed by atoms with Gasteiger partial charge in [0.2, 0.25) is 0 Å². The first-order valence-corrected chi connectivity index (χ1v) is 6.79. The molecule has 1 aliphatic rings. The van der Waals surface area contributed by atoms with Gasteiger partial charge in [-0.05, 0) is 32.8 Å². The van der Waals surface area contributed by atoms with Gasteiger partial charge < -0.3 is 15.4 Å². The molecule has 18 heavy (non-hydrogen) atoms. The minimum atomic E-state index is 0.0262. The topological polar surface area (TPSA) is 51.4 Å². The number of hydrogen-bond donors (Lipinski definition) is 1. The Labute approximate surface area is 109 Å². The predicted octanol–water partition coefficient (Wildman–Crippen LogP) is 2.11. The number of ether oxygens (including phenoxy) is 1. The first-order valence-electron chi connectivity index (χ1n) is 6.79. The lowest BCUT2D eigenvalue weighted by molar-refractivity contribution is 0.0458. The molecule has 1 aliphatic heterocycles. The smallest absolute Gasteiger partial charge is 0.133 e. The Kier molecular flexibility index (Phi) is 4.55. The standard InChI is InChI=1S/C14H23N3O/c1-3-18-12-6-9-17(10-7-12)14-13(11(2)15)5-4-8-16-14/h4-5,8,11-12H,3,6-7,9-10,15H2,1-2H3. The number of anilines is 1. The molecule has 0 radical (unpaired) electrons. The number of aromatic nitrogens is 1. The Morgan fingerprint density at radius 1 is 1.50 bits per heavy atom. The van der Waals surface area contributed by atoms with E-state index in [0.29, 0.717) is 6.10 Å². The van der Waals surface area contributed by atoms with Crippen LogP contribution in [0.1, 0.15) is 38.3 Å². The zero-order valence-electron chi connectivity index (χ0n) is 11.3. The molecule has 1 saturated heterocycles. The third kappa shape index (κ3) is 3.00. The molecular weight excluding hydrogens is 226 g/mol. The van der Waals surface area contributed by atoms with Gasteiger partial charge in [-0.3, -0.25) is 0 Å². The Morgan fingerprint density at radius 3 is 2.83 bits per heavy atom. The summed E-state index contributed by atoms with van der Waals surface area (Å²) in [6, 6.07) is 4.05. The molecule has 0 bridgehead atoms. The third-order valence-electron chi connectivity index (χ3n) is 3.45. The Hall–Kier alpha value is -1.13. The van der Waals surface area contributed by atoms with Crippen LogP contribution in [0, 0.1) is 0 Å². The first-order chi connectivity index (χ1) is 8.72. The van der Waals surface area contributed by atoms with E-state index in [9.17, 15) is 0 Å². The van der Waals surface area contributed by atoms with Gasteiger partial charge in [0.15, 0.2) is 0 Å². The number of hydrogen-bond acceptors (Lipinski definition) is 4. The molecule has 4 nitrogen and oxygen atoms in total. The van der Waals surface area contributed by atoms with Crippen molar-refractivity contribution in [3.05, 3.63) is 23.9 Å². The summed E-state index contributed by atoms with van der Waals surface area (Å²) in [5, 5.41) is 0. The molecule has 100 valence electrons. The van der Waals surface area contributed by atoms with Crippen LogP contribution in [0.5, 0.6) is 0 Å². The predicted molar refractivity (Wildman–Crippen MR) is 73.7 cm³/mol. The molecule has 2 N–H and O–H groups in total. The molecule has 1 aromatic rings. The van der Waals surface area contributed by atoms with E-state index >= 15 is 0 Å². The van der Waals surface area contributed by atoms with Crippen molar-refractivity contribution in [2.45, 2.75) is 38.8 Å². The van der Waals surface area contributed by atoms with E-state index < -0.39 is 0 Å². The highest BCUT2D eigenvalue weighted by Gasteiger charge is 2.22. The van der Waals surface area contributed by atoms with E-state index in [4.69, 9.17) is 10.5 Å². The second-order valence-corrected chi connectivity index (χ2v) is 4.85. The molecule has 2 rings (SSSR count). The molecule has 1 fully saturated rings. The van der Waals surface area contributed by atoms with Gasteiger partial charge in [0.25, 0.3) is 0 Å². The van der Waals surface area contributed by atoms with Gasteiger partial charge in [0, 0.05) is 37.5 Å². The van der Waals surface area contributed by atoms with Crippen molar-refractivity contribution in [1.29, 1.82) is 0 Å². The fraction of sp³-hybridized carbons (Fsp3) is 0.643. The van der Waals surface area contributed by atoms with Crippen LogP contribution >= 0.6 is 0 Å². The minimum Gasteiger partial charge on any atom is -0.378 e. The number of nitrogens with zero attached hydrogens (tertiary/aromatic N) is 2. The molecule has 0 saturated carbocycles. The van der Waals surface area contributed by atoms with E-state index in [1.165, 1.54) is 0 Å². The molecule has 0 aliphatic carbocycles. The fourth-order valence-electron chi connectivity index (χ4n) is 2.50. The van der Waals surface area contributed by atoms with Crippen molar-refractivity contribution < 1.29 is 4.74 Å². The van der Waals surface area contributed by atoms with Gasteiger partial charge in [-0.15, -0.1) is 0 Å². The van der Waals surface area contributed by atoms with Gasteiger partial charge >= 0.3 is 0 Å². The van der Waals surface area contributed by atoms with E-state index in [0.717, 1.165) is 43.9 Å². The SMILES string of the molecule is CCOC1CCN(c2ncccc2C(C)N)CC1. The average Bonchev–Trinajstić information content (AvgIpc) is 2.40. The van der Waals surface area contributed by atoms with Crippen LogP contribution in [0.3, 0.4) is 0 Å². The quantitative estimate of drug-likeness (QED) is 0.888. The summed E-state index contributed by atoms with van der Waals surface area (Å²) in [7, 11) is 0. The van der Waals surface area contributed by atoms with Gasteiger partial charge in [-0.25, -0.2) is 4.98 Å². The Morgan fingerprint density at radius 2 is 2.22 bits per heavy atom. The molecular formula is C14H23N3O. The summed E-state index contributed by atoms with van der Waals surface area (Å²) >= 11 is 0. The summed E-state index contributed by atoms with van der Waals surface area (Å²) in [6.45, 7) is 6.87. The average molecular weight is 249 g/mol. The highest BCUT2D eigenvalue weighted by atomic mass is 16.5. The van der Waals surface area contributed by atoms with Crippen molar-refractivity contribution in [1.82, 2.24) is 4.98 Å². The van der Waals surface area contributed by atoms with Crippen molar-refractivity contribution >= 4 is 5.82 Å². The summed E-state index contributed by atoms with van der Waals surface area (Å²) < 4.78 is 5.67. The van der Waals surface area contributed by atoms with Gasteiger partial charge in [-0.2, -0.15) is 0 Å². The summed E-state index contributed by atoms with van der Waals surface area (Å²) in [5.74, 6) is 1.04. The molecule has 0 aromatic carbocycles. The van der Waals surface area contributed by atoms with E-state index in [-0.39, 0.29) is 6.04 Å². The molecule has 1 unspecified atom stereocenters. The Bertz CT molecular complexity index is 373. The molecule has 2 heterocycles. The maximum atomic E-state index is 6.00. The first kappa shape index (κ1) is 13.3. The summed E-state index contributed by atoms with van der Waals surface area (Å²) in [4.78, 5) is 6.83. The molecule has 4 heteroatoms. The Balaban J connectivity index is 2.05. The summed E-state index contributed by atoms with van der Waals surface area (Å²) in [6.07, 6.45) is 4.40. The van der Waals surface area contributed by atoms with Gasteiger partial charge in [0.05, 0.1) is 6.10 Å². The van der Waals surface area contributed by atoms with E-state index in [2.05, 4.69) is 22.9 Å². The van der Waals surface area contributed by atoms with Crippen LogP contribution in [-0.4, -0.2) is 30.8 Å². The zero-order chi connectivity index (χ0) is 13.0. The monoisotopic (exact) mass is 249 g/mol. The van der Waals surface area contributed by atoms with Crippen molar-refractivity contribution in [2.24, 2.45) is 5.73 Å². The summed E-state index contributed by atoms with van der Waals surface area (Å²) in [5.41, 5.74) is 7.14. The van der Waals surface area contributed by atoms with Crippen LogP contribution in [0.25, 0.3) is 0 Å². The second kappa shape index (κ2) is 6.16. The van der Waals surface area contributed by atoms with Gasteiger partial charge in [0.1, 0.15) is 5.82 Å². The third-order valence-corrected chi connectivity index (χ3v) is 3.45. The lowest BCUT2D eigenvalue weighted by Gasteiger charge is -2.34. The zero-order valence-corrected chi connectivity index (χ0v) is 11.3. The lowest BCUT2D eigenvalue weighted by Crippen LogP contribution is -2.38. The lowest BCUT2D eigenvalue weighted by atomic mass is 10.1. The van der Waals surface area contributed by atoms with E-state index in [1.54, 1.807) is 0 Å². The molecule has 1 atom stereocenters. The second-order valence-electron chi connectivity index (χ2n) is 4.85. The minimum absolute atomic E-state index is 0.0262. The number of rotatable bonds is 4. The van der Waals surface area contributed by atoms with Gasteiger partial charge in [-0.1, -0.05) is 6.07 Å². The number of pyridine rings is 1. The number of piperidine rings is 1. The normalized spacial score (nSPS) is 18.9. The molecule has 0 amide bonds. The van der Waals surface area contributed by atoms with Crippen molar-refractivity contribution in [3.8, 4) is 0 Å². The molecule has 1 aromatic heterocycles. The number of nitrogens with two attached hydrogens (primary N) is 1. The largest absolute Gasteiger partial charge is 0.378 e. The van der Waals surface area contributed by atoms with Crippen molar-refractivity contribution in [2.75, 3.05) is 24.6 Å². The highest BCUT2D eigenvalue weighted by molar-refractivity contribution is 5.48. The fourth-order valence-corrected chi connectivity index (χ4v) is 2.50. The maximum absolute atomic E-state index is 6.00. The maximum Gasteiger partial charge on any atom is 0.133 e.